The summed E-state index contributed by atoms with van der Waals surface area (Å²) in [6.07, 6.45) is 1.11. The van der Waals surface area contributed by atoms with Crippen LogP contribution in [0.1, 0.15) is 20.3 Å². The van der Waals surface area contributed by atoms with Gasteiger partial charge in [0.2, 0.25) is 0 Å². The molecule has 1 fully saturated rings. The predicted molar refractivity (Wildman–Crippen MR) is 71.8 cm³/mol. The lowest BCUT2D eigenvalue weighted by atomic mass is 10.2. The molecule has 0 saturated carbocycles. The standard InChI is InChI=1S/C14H21FN2O/c1-10(2)16-12-6-7-17(9-12)13-5-4-11(15)8-14(13)18-3/h4-5,8,10,12,16H,6-7,9H2,1-3H3. The molecule has 0 aromatic heterocycles. The molecule has 1 aromatic carbocycles. The third-order valence-corrected chi connectivity index (χ3v) is 3.24. The van der Waals surface area contributed by atoms with E-state index in [9.17, 15) is 4.39 Å². The third-order valence-electron chi connectivity index (χ3n) is 3.24. The van der Waals surface area contributed by atoms with E-state index in [1.807, 2.05) is 0 Å². The Morgan fingerprint density at radius 1 is 1.44 bits per heavy atom. The number of hydrogen-bond donors (Lipinski definition) is 1. The fourth-order valence-electron chi connectivity index (χ4n) is 2.50. The fraction of sp³-hybridized carbons (Fsp3) is 0.571. The van der Waals surface area contributed by atoms with Crippen molar-refractivity contribution in [2.45, 2.75) is 32.4 Å². The van der Waals surface area contributed by atoms with Gasteiger partial charge in [-0.05, 0) is 18.6 Å². The normalized spacial score (nSPS) is 19.6. The zero-order valence-electron chi connectivity index (χ0n) is 11.2. The van der Waals surface area contributed by atoms with Crippen molar-refractivity contribution >= 4 is 5.69 Å². The molecule has 1 atom stereocenters. The molecular formula is C14H21FN2O. The third kappa shape index (κ3) is 2.93. The molecule has 1 aliphatic rings. The van der Waals surface area contributed by atoms with Crippen molar-refractivity contribution in [3.05, 3.63) is 24.0 Å². The van der Waals surface area contributed by atoms with Crippen LogP contribution in [-0.2, 0) is 0 Å². The first-order chi connectivity index (χ1) is 8.60. The lowest BCUT2D eigenvalue weighted by molar-refractivity contribution is 0.411. The summed E-state index contributed by atoms with van der Waals surface area (Å²) in [4.78, 5) is 2.25. The quantitative estimate of drug-likeness (QED) is 0.890. The topological polar surface area (TPSA) is 24.5 Å². The van der Waals surface area contributed by atoms with Crippen molar-refractivity contribution in [1.82, 2.24) is 5.32 Å². The summed E-state index contributed by atoms with van der Waals surface area (Å²) in [7, 11) is 1.58. The van der Waals surface area contributed by atoms with Gasteiger partial charge in [-0.3, -0.25) is 0 Å². The summed E-state index contributed by atoms with van der Waals surface area (Å²) >= 11 is 0. The van der Waals surface area contributed by atoms with Crippen molar-refractivity contribution in [3.63, 3.8) is 0 Å². The largest absolute Gasteiger partial charge is 0.494 e. The second-order valence-corrected chi connectivity index (χ2v) is 5.07. The van der Waals surface area contributed by atoms with Crippen LogP contribution in [0.4, 0.5) is 10.1 Å². The molecule has 1 heterocycles. The highest BCUT2D eigenvalue weighted by Crippen LogP contribution is 2.31. The molecule has 0 bridgehead atoms. The Morgan fingerprint density at radius 2 is 2.22 bits per heavy atom. The molecule has 1 saturated heterocycles. The number of ether oxygens (including phenoxy) is 1. The maximum Gasteiger partial charge on any atom is 0.145 e. The molecule has 2 rings (SSSR count). The van der Waals surface area contributed by atoms with Gasteiger partial charge in [-0.1, -0.05) is 13.8 Å². The van der Waals surface area contributed by atoms with E-state index in [0.29, 0.717) is 17.8 Å². The van der Waals surface area contributed by atoms with E-state index in [2.05, 4.69) is 24.1 Å². The molecule has 18 heavy (non-hydrogen) atoms. The zero-order valence-corrected chi connectivity index (χ0v) is 11.2. The van der Waals surface area contributed by atoms with Gasteiger partial charge < -0.3 is 15.0 Å². The Bertz CT molecular complexity index is 409. The van der Waals surface area contributed by atoms with E-state index in [1.165, 1.54) is 12.1 Å². The van der Waals surface area contributed by atoms with Gasteiger partial charge in [0.05, 0.1) is 12.8 Å². The van der Waals surface area contributed by atoms with Crippen LogP contribution in [0.2, 0.25) is 0 Å². The van der Waals surface area contributed by atoms with Crippen LogP contribution in [0, 0.1) is 5.82 Å². The fourth-order valence-corrected chi connectivity index (χ4v) is 2.50. The average molecular weight is 252 g/mol. The highest BCUT2D eigenvalue weighted by molar-refractivity contribution is 5.59. The predicted octanol–water partition coefficient (Wildman–Crippen LogP) is 2.41. The van der Waals surface area contributed by atoms with Gasteiger partial charge in [-0.25, -0.2) is 4.39 Å². The molecule has 3 nitrogen and oxygen atoms in total. The molecule has 0 spiro atoms. The number of halogens is 1. The van der Waals surface area contributed by atoms with Crippen molar-refractivity contribution in [3.8, 4) is 5.75 Å². The summed E-state index contributed by atoms with van der Waals surface area (Å²) < 4.78 is 18.4. The summed E-state index contributed by atoms with van der Waals surface area (Å²) in [5.74, 6) is 0.354. The van der Waals surface area contributed by atoms with E-state index in [1.54, 1.807) is 13.2 Å². The lowest BCUT2D eigenvalue weighted by Gasteiger charge is -2.22. The number of rotatable bonds is 4. The lowest BCUT2D eigenvalue weighted by Crippen LogP contribution is -2.37. The van der Waals surface area contributed by atoms with Gasteiger partial charge >= 0.3 is 0 Å². The highest BCUT2D eigenvalue weighted by Gasteiger charge is 2.24. The maximum atomic E-state index is 13.2. The van der Waals surface area contributed by atoms with Gasteiger partial charge in [-0.2, -0.15) is 0 Å². The molecule has 4 heteroatoms. The van der Waals surface area contributed by atoms with Gasteiger partial charge in [0, 0.05) is 31.2 Å². The molecule has 0 amide bonds. The van der Waals surface area contributed by atoms with Gasteiger partial charge in [0.15, 0.2) is 0 Å². The molecule has 0 radical (unpaired) electrons. The first-order valence-electron chi connectivity index (χ1n) is 6.44. The Morgan fingerprint density at radius 3 is 2.89 bits per heavy atom. The minimum Gasteiger partial charge on any atom is -0.494 e. The Hall–Kier alpha value is -1.29. The Balaban J connectivity index is 2.09. The van der Waals surface area contributed by atoms with Crippen LogP contribution in [0.25, 0.3) is 0 Å². The van der Waals surface area contributed by atoms with Crippen LogP contribution in [0.3, 0.4) is 0 Å². The summed E-state index contributed by atoms with van der Waals surface area (Å²) in [5.41, 5.74) is 0.979. The number of methoxy groups -OCH3 is 1. The van der Waals surface area contributed by atoms with E-state index < -0.39 is 0 Å². The van der Waals surface area contributed by atoms with Crippen LogP contribution >= 0.6 is 0 Å². The van der Waals surface area contributed by atoms with Gasteiger partial charge in [0.1, 0.15) is 11.6 Å². The molecular weight excluding hydrogens is 231 g/mol. The maximum absolute atomic E-state index is 13.2. The van der Waals surface area contributed by atoms with E-state index >= 15 is 0 Å². The average Bonchev–Trinajstić information content (AvgIpc) is 2.76. The molecule has 1 unspecified atom stereocenters. The summed E-state index contributed by atoms with van der Waals surface area (Å²) in [6, 6.07) is 5.72. The van der Waals surface area contributed by atoms with Crippen molar-refractivity contribution < 1.29 is 9.13 Å². The molecule has 1 aliphatic heterocycles. The van der Waals surface area contributed by atoms with Crippen LogP contribution in [0.15, 0.2) is 18.2 Å². The number of nitrogens with one attached hydrogen (secondary N) is 1. The molecule has 100 valence electrons. The zero-order chi connectivity index (χ0) is 13.1. The smallest absolute Gasteiger partial charge is 0.145 e. The van der Waals surface area contributed by atoms with Gasteiger partial charge in [-0.15, -0.1) is 0 Å². The number of anilines is 1. The second-order valence-electron chi connectivity index (χ2n) is 5.07. The number of nitrogens with zero attached hydrogens (tertiary/aromatic N) is 1. The van der Waals surface area contributed by atoms with Crippen molar-refractivity contribution in [2.75, 3.05) is 25.1 Å². The minimum atomic E-state index is -0.258. The number of hydrogen-bond acceptors (Lipinski definition) is 3. The second kappa shape index (κ2) is 5.57. The van der Waals surface area contributed by atoms with E-state index in [4.69, 9.17) is 4.74 Å². The first-order valence-corrected chi connectivity index (χ1v) is 6.44. The summed E-state index contributed by atoms with van der Waals surface area (Å²) in [5, 5.41) is 3.53. The molecule has 0 aliphatic carbocycles. The number of benzene rings is 1. The molecule has 1 aromatic rings. The summed E-state index contributed by atoms with van der Waals surface area (Å²) in [6.45, 7) is 6.23. The van der Waals surface area contributed by atoms with Gasteiger partial charge in [0.25, 0.3) is 0 Å². The van der Waals surface area contributed by atoms with E-state index in [0.717, 1.165) is 25.2 Å². The van der Waals surface area contributed by atoms with Crippen LogP contribution in [-0.4, -0.2) is 32.3 Å². The Labute approximate surface area is 108 Å². The first kappa shape index (κ1) is 13.1. The van der Waals surface area contributed by atoms with E-state index in [-0.39, 0.29) is 5.82 Å². The van der Waals surface area contributed by atoms with Crippen LogP contribution in [0.5, 0.6) is 5.75 Å². The minimum absolute atomic E-state index is 0.258. The highest BCUT2D eigenvalue weighted by atomic mass is 19.1. The molecule has 1 N–H and O–H groups in total. The van der Waals surface area contributed by atoms with Crippen molar-refractivity contribution in [1.29, 1.82) is 0 Å². The monoisotopic (exact) mass is 252 g/mol. The SMILES string of the molecule is COc1cc(F)ccc1N1CCC(NC(C)C)C1. The Kier molecular flexibility index (Phi) is 4.07. The van der Waals surface area contributed by atoms with Crippen molar-refractivity contribution in [2.24, 2.45) is 0 Å². The van der Waals surface area contributed by atoms with Crippen LogP contribution < -0.4 is 15.0 Å².